The van der Waals surface area contributed by atoms with Gasteiger partial charge in [-0.3, -0.25) is 4.79 Å². The highest BCUT2D eigenvalue weighted by Crippen LogP contribution is 2.21. The van der Waals surface area contributed by atoms with Gasteiger partial charge in [0.25, 0.3) is 0 Å². The highest BCUT2D eigenvalue weighted by atomic mass is 19.2. The fraction of sp³-hybridized carbons (Fsp3) is 0.562. The highest BCUT2D eigenvalue weighted by molar-refractivity contribution is 5.96. The summed E-state index contributed by atoms with van der Waals surface area (Å²) in [5, 5.41) is 0. The maximum Gasteiger partial charge on any atom is 0.169 e. The molecule has 2 atom stereocenters. The van der Waals surface area contributed by atoms with Crippen molar-refractivity contribution in [3.05, 3.63) is 35.4 Å². The molecule has 1 heterocycles. The van der Waals surface area contributed by atoms with Gasteiger partial charge in [0.2, 0.25) is 0 Å². The molecular weight excluding hydrogens is 260 g/mol. The molecule has 1 aromatic rings. The highest BCUT2D eigenvalue weighted by Gasteiger charge is 2.23. The second kappa shape index (κ2) is 6.44. The lowest BCUT2D eigenvalue weighted by Gasteiger charge is -2.34. The Bertz CT molecular complexity index is 479. The Morgan fingerprint density at radius 2 is 1.90 bits per heavy atom. The molecule has 110 valence electrons. The Hall–Kier alpha value is -1.29. The van der Waals surface area contributed by atoms with Crippen LogP contribution in [0.15, 0.2) is 18.2 Å². The minimum absolute atomic E-state index is 0.136. The Kier molecular flexibility index (Phi) is 4.86. The molecule has 0 saturated carbocycles. The second-order valence-corrected chi connectivity index (χ2v) is 5.98. The lowest BCUT2D eigenvalue weighted by atomic mass is 9.91. The molecule has 1 aliphatic rings. The van der Waals surface area contributed by atoms with Crippen LogP contribution < -0.4 is 0 Å². The van der Waals surface area contributed by atoms with Crippen molar-refractivity contribution >= 4 is 5.78 Å². The average molecular weight is 281 g/mol. The summed E-state index contributed by atoms with van der Waals surface area (Å²) in [6, 6.07) is 3.75. The predicted octanol–water partition coefficient (Wildman–Crippen LogP) is 3.52. The molecule has 2 nitrogen and oxygen atoms in total. The lowest BCUT2D eigenvalue weighted by molar-refractivity contribution is 0.0921. The molecule has 4 heteroatoms. The van der Waals surface area contributed by atoms with Crippen molar-refractivity contribution in [1.82, 2.24) is 4.90 Å². The minimum atomic E-state index is -1.03. The van der Waals surface area contributed by atoms with Crippen LogP contribution in [-0.4, -0.2) is 30.3 Å². The first-order valence-electron chi connectivity index (χ1n) is 7.17. The second-order valence-electron chi connectivity index (χ2n) is 5.98. The largest absolute Gasteiger partial charge is 0.302 e. The molecule has 0 radical (unpaired) electrons. The number of likely N-dealkylation sites (tertiary alicyclic amines) is 1. The monoisotopic (exact) mass is 281 g/mol. The first kappa shape index (κ1) is 15.1. The van der Waals surface area contributed by atoms with Crippen molar-refractivity contribution in [3.8, 4) is 0 Å². The van der Waals surface area contributed by atoms with E-state index in [1.165, 1.54) is 18.6 Å². The number of halogens is 2. The summed E-state index contributed by atoms with van der Waals surface area (Å²) in [4.78, 5) is 14.2. The first-order chi connectivity index (χ1) is 9.47. The van der Waals surface area contributed by atoms with Crippen LogP contribution in [0.25, 0.3) is 0 Å². The van der Waals surface area contributed by atoms with Crippen molar-refractivity contribution in [3.63, 3.8) is 0 Å². The van der Waals surface area contributed by atoms with Crippen molar-refractivity contribution < 1.29 is 13.6 Å². The van der Waals surface area contributed by atoms with Crippen LogP contribution in [-0.2, 0) is 0 Å². The first-order valence-corrected chi connectivity index (χ1v) is 7.17. The number of carbonyl (C=O) groups is 1. The number of hydrogen-bond acceptors (Lipinski definition) is 2. The molecule has 2 rings (SSSR count). The van der Waals surface area contributed by atoms with E-state index in [4.69, 9.17) is 0 Å². The van der Waals surface area contributed by atoms with Crippen LogP contribution in [0.4, 0.5) is 8.78 Å². The van der Waals surface area contributed by atoms with E-state index in [2.05, 4.69) is 18.7 Å². The molecule has 0 N–H and O–H groups in total. The molecule has 0 aliphatic carbocycles. The van der Waals surface area contributed by atoms with E-state index < -0.39 is 11.6 Å². The van der Waals surface area contributed by atoms with Gasteiger partial charge in [0.05, 0.1) is 5.56 Å². The zero-order valence-electron chi connectivity index (χ0n) is 12.0. The Labute approximate surface area is 118 Å². The molecule has 1 aliphatic heterocycles. The third-order valence-electron chi connectivity index (χ3n) is 3.85. The van der Waals surface area contributed by atoms with Gasteiger partial charge in [0.15, 0.2) is 17.4 Å². The molecule has 0 bridgehead atoms. The number of benzene rings is 1. The van der Waals surface area contributed by atoms with Crippen molar-refractivity contribution in [2.75, 3.05) is 19.6 Å². The number of hydrogen-bond donors (Lipinski definition) is 0. The molecule has 1 aromatic carbocycles. The van der Waals surface area contributed by atoms with Gasteiger partial charge in [-0.1, -0.05) is 19.9 Å². The SMILES string of the molecule is CC1CC(C)CN(CCC(=O)c2cccc(F)c2F)C1. The summed E-state index contributed by atoms with van der Waals surface area (Å²) in [6.07, 6.45) is 1.45. The van der Waals surface area contributed by atoms with E-state index in [0.29, 0.717) is 18.4 Å². The van der Waals surface area contributed by atoms with E-state index in [0.717, 1.165) is 19.2 Å². The average Bonchev–Trinajstić information content (AvgIpc) is 2.38. The van der Waals surface area contributed by atoms with Gasteiger partial charge in [-0.15, -0.1) is 0 Å². The van der Waals surface area contributed by atoms with Crippen molar-refractivity contribution in [2.24, 2.45) is 11.8 Å². The number of Topliss-reactive ketones (excluding diaryl/α,β-unsaturated/α-hetero) is 1. The molecule has 2 unspecified atom stereocenters. The number of nitrogens with zero attached hydrogens (tertiary/aromatic N) is 1. The van der Waals surface area contributed by atoms with Crippen LogP contribution >= 0.6 is 0 Å². The van der Waals surface area contributed by atoms with Crippen molar-refractivity contribution in [1.29, 1.82) is 0 Å². The minimum Gasteiger partial charge on any atom is -0.302 e. The van der Waals surface area contributed by atoms with E-state index in [-0.39, 0.29) is 17.8 Å². The van der Waals surface area contributed by atoms with Gasteiger partial charge in [0, 0.05) is 26.1 Å². The number of rotatable bonds is 4. The molecule has 0 spiro atoms. The van der Waals surface area contributed by atoms with E-state index in [1.807, 2.05) is 0 Å². The predicted molar refractivity (Wildman–Crippen MR) is 74.7 cm³/mol. The van der Waals surface area contributed by atoms with E-state index in [9.17, 15) is 13.6 Å². The van der Waals surface area contributed by atoms with E-state index in [1.54, 1.807) is 0 Å². The molecule has 20 heavy (non-hydrogen) atoms. The Morgan fingerprint density at radius 1 is 1.25 bits per heavy atom. The number of ketones is 1. The lowest BCUT2D eigenvalue weighted by Crippen LogP contribution is -2.39. The summed E-state index contributed by atoms with van der Waals surface area (Å²) < 4.78 is 26.6. The molecule has 0 aromatic heterocycles. The summed E-state index contributed by atoms with van der Waals surface area (Å²) in [5.41, 5.74) is -0.136. The van der Waals surface area contributed by atoms with Crippen LogP contribution in [0.2, 0.25) is 0 Å². The summed E-state index contributed by atoms with van der Waals surface area (Å²) in [7, 11) is 0. The van der Waals surface area contributed by atoms with Gasteiger partial charge in [-0.05, 0) is 30.4 Å². The smallest absolute Gasteiger partial charge is 0.169 e. The number of carbonyl (C=O) groups excluding carboxylic acids is 1. The normalized spacial score (nSPS) is 23.8. The zero-order chi connectivity index (χ0) is 14.7. The summed E-state index contributed by atoms with van der Waals surface area (Å²) in [6.45, 7) is 6.98. The van der Waals surface area contributed by atoms with Gasteiger partial charge >= 0.3 is 0 Å². The van der Waals surface area contributed by atoms with Crippen LogP contribution in [0.3, 0.4) is 0 Å². The standard InChI is InChI=1S/C16H21F2NO/c1-11-8-12(2)10-19(9-11)7-6-15(20)13-4-3-5-14(17)16(13)18/h3-5,11-12H,6-10H2,1-2H3. The Morgan fingerprint density at radius 3 is 2.55 bits per heavy atom. The molecule has 1 saturated heterocycles. The molecule has 0 amide bonds. The van der Waals surface area contributed by atoms with Crippen LogP contribution in [0, 0.1) is 23.5 Å². The van der Waals surface area contributed by atoms with Gasteiger partial charge in [-0.25, -0.2) is 8.78 Å². The van der Waals surface area contributed by atoms with Gasteiger partial charge < -0.3 is 4.90 Å². The third kappa shape index (κ3) is 3.63. The van der Waals surface area contributed by atoms with Crippen LogP contribution in [0.1, 0.15) is 37.0 Å². The molecule has 1 fully saturated rings. The third-order valence-corrected chi connectivity index (χ3v) is 3.85. The zero-order valence-corrected chi connectivity index (χ0v) is 12.0. The maximum atomic E-state index is 13.5. The van der Waals surface area contributed by atoms with Crippen molar-refractivity contribution in [2.45, 2.75) is 26.7 Å². The summed E-state index contributed by atoms with van der Waals surface area (Å²) in [5.74, 6) is -1.07. The van der Waals surface area contributed by atoms with Crippen LogP contribution in [0.5, 0.6) is 0 Å². The van der Waals surface area contributed by atoms with E-state index >= 15 is 0 Å². The quantitative estimate of drug-likeness (QED) is 0.787. The maximum absolute atomic E-state index is 13.5. The summed E-state index contributed by atoms with van der Waals surface area (Å²) >= 11 is 0. The Balaban J connectivity index is 1.93. The van der Waals surface area contributed by atoms with Gasteiger partial charge in [0.1, 0.15) is 0 Å². The fourth-order valence-electron chi connectivity index (χ4n) is 3.09. The number of piperidine rings is 1. The van der Waals surface area contributed by atoms with Gasteiger partial charge in [-0.2, -0.15) is 0 Å². The molecular formula is C16H21F2NO. The topological polar surface area (TPSA) is 20.3 Å². The fourth-order valence-corrected chi connectivity index (χ4v) is 3.09.